The fraction of sp³-hybridized carbons (Fsp3) is 0.826. The van der Waals surface area contributed by atoms with Crippen molar-refractivity contribution >= 4 is 11.9 Å². The van der Waals surface area contributed by atoms with Crippen LogP contribution < -0.4 is 0 Å². The Morgan fingerprint density at radius 3 is 1.77 bits per heavy atom. The monoisotopic (exact) mass is 764 g/mol. The molecule has 4 bridgehead atoms. The van der Waals surface area contributed by atoms with E-state index in [1.165, 1.54) is 32.1 Å². The van der Waals surface area contributed by atoms with Gasteiger partial charge in [0.1, 0.15) is 18.8 Å². The molecule has 0 atom stereocenters. The van der Waals surface area contributed by atoms with Crippen LogP contribution in [0.1, 0.15) is 75.7 Å². The first kappa shape index (κ1) is 41.5. The Labute approximate surface area is 229 Å². The third-order valence-electron chi connectivity index (χ3n) is 6.12. The fourth-order valence-corrected chi connectivity index (χ4v) is 5.03. The van der Waals surface area contributed by atoms with Crippen LogP contribution in [0.25, 0.3) is 0 Å². The third kappa shape index (κ3) is 9.98. The van der Waals surface area contributed by atoms with Crippen LogP contribution in [0.4, 0.5) is 0 Å². The predicted molar refractivity (Wildman–Crippen MR) is 115 cm³/mol. The van der Waals surface area contributed by atoms with Crippen molar-refractivity contribution in [3.8, 4) is 0 Å². The van der Waals surface area contributed by atoms with E-state index in [2.05, 4.69) is 13.5 Å². The Bertz CT molecular complexity index is 514. The van der Waals surface area contributed by atoms with Crippen LogP contribution in [0.2, 0.25) is 0 Å². The number of esters is 2. The molecule has 0 aromatic rings. The van der Waals surface area contributed by atoms with Crippen molar-refractivity contribution in [2.24, 2.45) is 23.7 Å². The van der Waals surface area contributed by atoms with Gasteiger partial charge in [0.05, 0.1) is 6.61 Å². The van der Waals surface area contributed by atoms with Gasteiger partial charge in [-0.05, 0) is 69.6 Å². The summed E-state index contributed by atoms with van der Waals surface area (Å²) in [7, 11) is 0. The maximum atomic E-state index is 12.2. The summed E-state index contributed by atoms with van der Waals surface area (Å²) < 4.78 is 16.1. The van der Waals surface area contributed by atoms with Crippen molar-refractivity contribution in [2.75, 3.05) is 19.8 Å². The summed E-state index contributed by atoms with van der Waals surface area (Å²) in [5.41, 5.74) is 0.0320. The molecule has 176 valence electrons. The molecule has 0 heterocycles. The van der Waals surface area contributed by atoms with Gasteiger partial charge in [-0.2, -0.15) is 0 Å². The van der Waals surface area contributed by atoms with E-state index in [0.29, 0.717) is 17.4 Å². The summed E-state index contributed by atoms with van der Waals surface area (Å²) in [5.74, 6) is 1.96. The molecule has 0 radical (unpaired) electrons. The molecule has 8 heteroatoms. The Kier molecular flexibility index (Phi) is 23.7. The van der Waals surface area contributed by atoms with E-state index in [9.17, 15) is 9.59 Å². The first-order valence-electron chi connectivity index (χ1n) is 9.00. The van der Waals surface area contributed by atoms with E-state index in [4.69, 9.17) is 14.2 Å². The van der Waals surface area contributed by atoms with Gasteiger partial charge in [-0.25, -0.2) is 9.59 Å². The molecule has 4 fully saturated rings. The van der Waals surface area contributed by atoms with Gasteiger partial charge < -0.3 is 14.2 Å². The topological polar surface area (TPSA) is 61.8 Å². The van der Waals surface area contributed by atoms with Crippen LogP contribution in [-0.4, -0.2) is 37.4 Å². The van der Waals surface area contributed by atoms with Gasteiger partial charge in [0, 0.05) is 63.4 Å². The Morgan fingerprint density at radius 1 is 0.903 bits per heavy atom. The normalized spacial score (nSPS) is 28.2. The van der Waals surface area contributed by atoms with E-state index in [1.807, 2.05) is 0 Å². The van der Waals surface area contributed by atoms with Crippen LogP contribution in [0.3, 0.4) is 0 Å². The Morgan fingerprint density at radius 2 is 1.35 bits per heavy atom. The summed E-state index contributed by atoms with van der Waals surface area (Å²) in [6, 6.07) is 0. The molecule has 0 unspecified atom stereocenters. The second-order valence-corrected chi connectivity index (χ2v) is 7.93. The molecule has 31 heavy (non-hydrogen) atoms. The number of ether oxygens (including phenoxy) is 3. The summed E-state index contributed by atoms with van der Waals surface area (Å²) in [6.07, 6.45) is 6.19. The zero-order valence-electron chi connectivity index (χ0n) is 16.4. The number of rotatable bonds is 7. The zero-order valence-corrected chi connectivity index (χ0v) is 23.6. The Hall–Kier alpha value is 0.289. The maximum absolute atomic E-state index is 12.2. The largest absolute Gasteiger partial charge is 0.460 e. The van der Waals surface area contributed by atoms with Crippen molar-refractivity contribution in [2.45, 2.75) is 81.3 Å². The average Bonchev–Trinajstić information content (AvgIpc) is 2.51. The van der Waals surface area contributed by atoms with Crippen molar-refractivity contribution < 1.29 is 81.6 Å². The summed E-state index contributed by atoms with van der Waals surface area (Å²) in [4.78, 5) is 23.4. The van der Waals surface area contributed by atoms with Gasteiger partial charge in [-0.1, -0.05) is 36.3 Å². The standard InChI is InChI=1S/C19H28O5.4CH4.He.2Hf/c1-12(2)18(21)23-5-4-22-11-17(20)24-19(3)15-7-13-6-14(9-15)10-16(19)8-13;;;;;;;/h13-16H,1,4-11H2,2-3H3;4*1H4;;;. The summed E-state index contributed by atoms with van der Waals surface area (Å²) >= 11 is 0. The van der Waals surface area contributed by atoms with Crippen molar-refractivity contribution in [1.29, 1.82) is 0 Å². The van der Waals surface area contributed by atoms with Gasteiger partial charge in [-0.3, -0.25) is 0 Å². The van der Waals surface area contributed by atoms with Gasteiger partial charge in [0.25, 0.3) is 0 Å². The number of hydrogen-bond donors (Lipinski definition) is 0. The van der Waals surface area contributed by atoms with Crippen LogP contribution in [0, 0.1) is 29.8 Å². The van der Waals surface area contributed by atoms with Crippen LogP contribution in [0.15, 0.2) is 12.2 Å². The zero-order chi connectivity index (χ0) is 17.3. The van der Waals surface area contributed by atoms with Gasteiger partial charge in [0.2, 0.25) is 0 Å². The van der Waals surface area contributed by atoms with Crippen LogP contribution in [-0.2, 0) is 75.5 Å². The fourth-order valence-electron chi connectivity index (χ4n) is 5.03. The third-order valence-corrected chi connectivity index (χ3v) is 6.12. The molecule has 4 saturated carbocycles. The number of carbonyl (C=O) groups excluding carboxylic acids is 2. The second-order valence-electron chi connectivity index (χ2n) is 7.93. The van der Waals surface area contributed by atoms with Crippen LogP contribution in [0.5, 0.6) is 0 Å². The van der Waals surface area contributed by atoms with Crippen molar-refractivity contribution in [3.05, 3.63) is 12.2 Å². The van der Waals surface area contributed by atoms with Crippen molar-refractivity contribution in [1.82, 2.24) is 0 Å². The van der Waals surface area contributed by atoms with Crippen LogP contribution >= 0.6 is 0 Å². The molecule has 0 aliphatic heterocycles. The summed E-state index contributed by atoms with van der Waals surface area (Å²) in [5, 5.41) is 0. The van der Waals surface area contributed by atoms with E-state index in [0.717, 1.165) is 11.8 Å². The molecule has 0 amide bonds. The molecular formula is C23H44HeHf2O5. The van der Waals surface area contributed by atoms with Gasteiger partial charge >= 0.3 is 11.9 Å². The second kappa shape index (κ2) is 17.7. The molecule has 0 aromatic carbocycles. The molecule has 4 aliphatic rings. The number of carbonyl (C=O) groups is 2. The molecule has 0 aromatic heterocycles. The summed E-state index contributed by atoms with van der Waals surface area (Å²) in [6.45, 7) is 7.42. The maximum Gasteiger partial charge on any atom is 0.333 e. The SMILES string of the molecule is C.C.C.C.C=C(C)C(=O)OCCOCC(=O)OC1(C)C2CC3CC(C2)CC1C3.[He].[Hf].[Hf]. The number of hydrogen-bond acceptors (Lipinski definition) is 5. The molecule has 4 rings (SSSR count). The minimum atomic E-state index is -0.442. The van der Waals surface area contributed by atoms with Gasteiger partial charge in [-0.15, -0.1) is 0 Å². The average molecular weight is 762 g/mol. The smallest absolute Gasteiger partial charge is 0.333 e. The van der Waals surface area contributed by atoms with Gasteiger partial charge in [0.15, 0.2) is 0 Å². The van der Waals surface area contributed by atoms with Crippen molar-refractivity contribution in [3.63, 3.8) is 0 Å². The molecule has 5 nitrogen and oxygen atoms in total. The Balaban J connectivity index is -0.000000322. The molecule has 0 spiro atoms. The van der Waals surface area contributed by atoms with E-state index < -0.39 is 5.97 Å². The first-order valence-corrected chi connectivity index (χ1v) is 9.00. The molecule has 0 N–H and O–H groups in total. The van der Waals surface area contributed by atoms with E-state index in [-0.39, 0.29) is 119 Å². The predicted octanol–water partition coefficient (Wildman–Crippen LogP) is 5.42. The molecular weight excluding hydrogens is 717 g/mol. The quantitative estimate of drug-likeness (QED) is 0.150. The first-order chi connectivity index (χ1) is 11.4. The minimum Gasteiger partial charge on any atom is -0.460 e. The van der Waals surface area contributed by atoms with E-state index in [1.54, 1.807) is 6.92 Å². The molecule has 4 aliphatic carbocycles. The minimum absolute atomic E-state index is 0. The van der Waals surface area contributed by atoms with E-state index >= 15 is 0 Å². The molecule has 0 saturated heterocycles.